The highest BCUT2D eigenvalue weighted by Gasteiger charge is 2.19. The molecule has 0 radical (unpaired) electrons. The van der Waals surface area contributed by atoms with Crippen molar-refractivity contribution in [1.29, 1.82) is 0 Å². The first kappa shape index (κ1) is 39.7. The van der Waals surface area contributed by atoms with Crippen molar-refractivity contribution in [1.82, 2.24) is 10.2 Å². The van der Waals surface area contributed by atoms with E-state index in [9.17, 15) is 9.69 Å². The molecule has 0 saturated heterocycles. The minimum Gasteiger partial charge on any atom is -0.447 e. The number of amides is 1. The van der Waals surface area contributed by atoms with Crippen LogP contribution in [0.3, 0.4) is 0 Å². The van der Waals surface area contributed by atoms with E-state index in [-0.39, 0.29) is 13.2 Å². The molecule has 0 aliphatic carbocycles. The van der Waals surface area contributed by atoms with Crippen LogP contribution in [-0.4, -0.2) is 54.7 Å². The van der Waals surface area contributed by atoms with Crippen LogP contribution in [0.4, 0.5) is 4.79 Å². The van der Waals surface area contributed by atoms with Gasteiger partial charge < -0.3 is 29.1 Å². The van der Waals surface area contributed by atoms with Crippen molar-refractivity contribution in [2.45, 2.75) is 136 Å². The zero-order valence-corrected chi connectivity index (χ0v) is 30.2. The van der Waals surface area contributed by atoms with Gasteiger partial charge in [0, 0.05) is 30.8 Å². The number of benzene rings is 1. The average molecular weight is 669 g/mol. The molecule has 0 aromatic heterocycles. The minimum atomic E-state index is -2.15. The van der Waals surface area contributed by atoms with E-state index in [0.29, 0.717) is 12.3 Å². The quantitative estimate of drug-likeness (QED) is 0.0707. The number of carbonyl (C=O) groups excluding carboxylic acids is 1. The van der Waals surface area contributed by atoms with Gasteiger partial charge in [-0.15, -0.1) is 11.8 Å². The number of methoxy groups -OCH3 is 1. The van der Waals surface area contributed by atoms with E-state index in [1.54, 1.807) is 6.07 Å². The van der Waals surface area contributed by atoms with Gasteiger partial charge in [0.1, 0.15) is 18.5 Å². The second-order valence-corrected chi connectivity index (χ2v) is 14.1. The Hall–Kier alpha value is -1.51. The number of hydrogen-bond donors (Lipinski definition) is 2. The Balaban J connectivity index is 1.44. The van der Waals surface area contributed by atoms with Crippen LogP contribution in [0.1, 0.15) is 129 Å². The molecule has 2 N–H and O–H groups in total. The van der Waals surface area contributed by atoms with Gasteiger partial charge in [0.15, 0.2) is 0 Å². The maximum absolute atomic E-state index is 12.1. The number of hydrogen-bond acceptors (Lipinski definition) is 8. The SMILES string of the molecule is CCCCCCCCCCCCCCCCCCNC(=O)OCC(COP(O)Oc1cccc(CN2CSC(C)=C2C)c1)OC. The number of rotatable bonds is 27. The van der Waals surface area contributed by atoms with Crippen LogP contribution in [0.5, 0.6) is 5.75 Å². The first-order chi connectivity index (χ1) is 21.9. The van der Waals surface area contributed by atoms with Crippen molar-refractivity contribution in [3.63, 3.8) is 0 Å². The van der Waals surface area contributed by atoms with Crippen LogP contribution in [0.25, 0.3) is 0 Å². The average Bonchev–Trinajstić information content (AvgIpc) is 3.34. The van der Waals surface area contributed by atoms with Gasteiger partial charge in [-0.2, -0.15) is 0 Å². The van der Waals surface area contributed by atoms with Gasteiger partial charge in [0.05, 0.1) is 12.5 Å². The summed E-state index contributed by atoms with van der Waals surface area (Å²) >= 11 is 1.85. The van der Waals surface area contributed by atoms with E-state index >= 15 is 0 Å². The topological polar surface area (TPSA) is 89.5 Å². The molecule has 8 nitrogen and oxygen atoms in total. The van der Waals surface area contributed by atoms with Gasteiger partial charge in [-0.05, 0) is 38.0 Å². The molecular weight excluding hydrogens is 607 g/mol. The number of carbonyl (C=O) groups is 1. The highest BCUT2D eigenvalue weighted by atomic mass is 32.2. The summed E-state index contributed by atoms with van der Waals surface area (Å²) < 4.78 is 21.7. The van der Waals surface area contributed by atoms with Crippen LogP contribution in [0.2, 0.25) is 0 Å². The van der Waals surface area contributed by atoms with Crippen molar-refractivity contribution in [3.8, 4) is 5.75 Å². The molecule has 0 saturated carbocycles. The Labute approximate surface area is 279 Å². The summed E-state index contributed by atoms with van der Waals surface area (Å²) in [4.78, 5) is 26.1. The van der Waals surface area contributed by atoms with Crippen molar-refractivity contribution in [3.05, 3.63) is 40.4 Å². The maximum atomic E-state index is 12.1. The zero-order chi connectivity index (χ0) is 32.5. The zero-order valence-electron chi connectivity index (χ0n) is 28.5. The first-order valence-corrected chi connectivity index (χ1v) is 19.4. The molecule has 2 rings (SSSR count). The van der Waals surface area contributed by atoms with Gasteiger partial charge in [-0.3, -0.25) is 4.52 Å². The highest BCUT2D eigenvalue weighted by Crippen LogP contribution is 2.36. The predicted octanol–water partition coefficient (Wildman–Crippen LogP) is 10.1. The molecule has 1 aromatic carbocycles. The standard InChI is InChI=1S/C35H61N2O6PS/c1-5-6-7-8-9-10-11-12-13-14-15-16-17-18-19-20-24-36-35(38)41-27-34(40-4)28-42-44(39)43-33-23-21-22-32(25-33)26-37-29-45-31(3)30(37)2/h21-23,25,34,39H,5-20,24,26-29H2,1-4H3,(H,36,38). The Morgan fingerprint density at radius 2 is 1.53 bits per heavy atom. The molecule has 1 heterocycles. The van der Waals surface area contributed by atoms with Gasteiger partial charge >= 0.3 is 14.7 Å². The smallest absolute Gasteiger partial charge is 0.407 e. The summed E-state index contributed by atoms with van der Waals surface area (Å²) in [5, 5.41) is 2.81. The predicted molar refractivity (Wildman–Crippen MR) is 188 cm³/mol. The van der Waals surface area contributed by atoms with Crippen molar-refractivity contribution < 1.29 is 28.2 Å². The molecule has 1 aliphatic rings. The molecule has 10 heteroatoms. The van der Waals surface area contributed by atoms with E-state index in [4.69, 9.17) is 18.5 Å². The van der Waals surface area contributed by atoms with E-state index in [1.165, 1.54) is 108 Å². The van der Waals surface area contributed by atoms with Gasteiger partial charge in [-0.25, -0.2) is 4.79 Å². The largest absolute Gasteiger partial charge is 0.447 e. The molecule has 0 bridgehead atoms. The maximum Gasteiger partial charge on any atom is 0.407 e. The van der Waals surface area contributed by atoms with Crippen LogP contribution in [0.15, 0.2) is 34.9 Å². The number of alkyl carbamates (subject to hydrolysis) is 1. The molecule has 2 unspecified atom stereocenters. The molecule has 258 valence electrons. The summed E-state index contributed by atoms with van der Waals surface area (Å²) in [7, 11) is -0.636. The fourth-order valence-electron chi connectivity index (χ4n) is 5.21. The number of unbranched alkanes of at least 4 members (excludes halogenated alkanes) is 15. The van der Waals surface area contributed by atoms with Crippen molar-refractivity contribution in [2.75, 3.05) is 32.7 Å². The molecular formula is C35H61N2O6PS. The summed E-state index contributed by atoms with van der Waals surface area (Å²) in [6, 6.07) is 7.67. The molecule has 1 aromatic rings. The van der Waals surface area contributed by atoms with E-state index in [2.05, 4.69) is 31.0 Å². The van der Waals surface area contributed by atoms with Gasteiger partial charge in [0.2, 0.25) is 0 Å². The van der Waals surface area contributed by atoms with Crippen LogP contribution >= 0.6 is 20.4 Å². The second-order valence-electron chi connectivity index (χ2n) is 12.1. The molecule has 2 atom stereocenters. The lowest BCUT2D eigenvalue weighted by atomic mass is 10.0. The van der Waals surface area contributed by atoms with Crippen LogP contribution in [0, 0.1) is 0 Å². The Kier molecular flexibility index (Phi) is 22.5. The number of nitrogens with zero attached hydrogens (tertiary/aromatic N) is 1. The van der Waals surface area contributed by atoms with Crippen molar-refractivity contribution in [2.24, 2.45) is 0 Å². The van der Waals surface area contributed by atoms with E-state index in [0.717, 1.165) is 30.8 Å². The van der Waals surface area contributed by atoms with Crippen LogP contribution in [-0.2, 0) is 20.5 Å². The summed E-state index contributed by atoms with van der Waals surface area (Å²) in [5.74, 6) is 1.49. The Morgan fingerprint density at radius 1 is 0.933 bits per heavy atom. The third kappa shape index (κ3) is 19.0. The highest BCUT2D eigenvalue weighted by molar-refractivity contribution is 8.03. The summed E-state index contributed by atoms with van der Waals surface area (Å²) in [6.45, 7) is 8.01. The number of ether oxygens (including phenoxy) is 2. The number of allylic oxidation sites excluding steroid dienone is 2. The molecule has 1 aliphatic heterocycles. The molecule has 0 spiro atoms. The van der Waals surface area contributed by atoms with Gasteiger partial charge in [0.25, 0.3) is 0 Å². The third-order valence-corrected chi connectivity index (χ3v) is 10.2. The lowest BCUT2D eigenvalue weighted by Crippen LogP contribution is -2.31. The third-order valence-electron chi connectivity index (χ3n) is 8.28. The number of thioether (sulfide) groups is 1. The monoisotopic (exact) mass is 668 g/mol. The summed E-state index contributed by atoms with van der Waals surface area (Å²) in [6.07, 6.45) is 20.2. The number of nitrogens with one attached hydrogen (secondary N) is 1. The fraction of sp³-hybridized carbons (Fsp3) is 0.743. The van der Waals surface area contributed by atoms with Crippen molar-refractivity contribution >= 4 is 26.5 Å². The lowest BCUT2D eigenvalue weighted by molar-refractivity contribution is 0.00598. The molecule has 1 amide bonds. The van der Waals surface area contributed by atoms with Gasteiger partial charge in [-0.1, -0.05) is 115 Å². The second kappa shape index (κ2) is 25.6. The molecule has 0 fully saturated rings. The van der Waals surface area contributed by atoms with E-state index < -0.39 is 20.8 Å². The van der Waals surface area contributed by atoms with Crippen LogP contribution < -0.4 is 9.84 Å². The normalized spacial score (nSPS) is 14.6. The fourth-order valence-corrected chi connectivity index (χ4v) is 6.83. The Bertz CT molecular complexity index is 952. The first-order valence-electron chi connectivity index (χ1n) is 17.3. The van der Waals surface area contributed by atoms with E-state index in [1.807, 2.05) is 30.0 Å². The lowest BCUT2D eigenvalue weighted by Gasteiger charge is -2.20. The summed E-state index contributed by atoms with van der Waals surface area (Å²) in [5.41, 5.74) is 2.39. The molecule has 45 heavy (non-hydrogen) atoms. The Morgan fingerprint density at radius 3 is 2.09 bits per heavy atom. The minimum absolute atomic E-state index is 0.0279.